The molecule has 11 heteroatoms. The molecule has 3 heterocycles. The Morgan fingerprint density at radius 1 is 0.936 bits per heavy atom. The molecule has 1 atom stereocenters. The number of halogens is 3. The Morgan fingerprint density at radius 3 is 2.40 bits per heavy atom. The van der Waals surface area contributed by atoms with Crippen molar-refractivity contribution in [3.8, 4) is 17.0 Å². The summed E-state index contributed by atoms with van der Waals surface area (Å²) < 4.78 is 41.6. The number of alkyl halides is 3. The lowest BCUT2D eigenvalue weighted by molar-refractivity contribution is -0.274. The van der Waals surface area contributed by atoms with E-state index < -0.39 is 6.36 Å². The van der Waals surface area contributed by atoms with Crippen LogP contribution in [0.15, 0.2) is 72.9 Å². The van der Waals surface area contributed by atoms with Gasteiger partial charge in [0.2, 0.25) is 5.95 Å². The van der Waals surface area contributed by atoms with Gasteiger partial charge in [0.05, 0.1) is 5.69 Å². The van der Waals surface area contributed by atoms with Gasteiger partial charge in [-0.25, -0.2) is 9.97 Å². The minimum absolute atomic E-state index is 0.197. The highest BCUT2D eigenvalue weighted by Gasteiger charge is 2.31. The van der Waals surface area contributed by atoms with Crippen LogP contribution in [0, 0.1) is 13.8 Å². The second-order valence-electron chi connectivity index (χ2n) is 12.4. The number of amides is 1. The van der Waals surface area contributed by atoms with Crippen LogP contribution in [-0.4, -0.2) is 64.3 Å². The van der Waals surface area contributed by atoms with Crippen LogP contribution in [0.3, 0.4) is 0 Å². The molecule has 2 fully saturated rings. The summed E-state index contributed by atoms with van der Waals surface area (Å²) in [6, 6.07) is 19.5. The lowest BCUT2D eigenvalue weighted by atomic mass is 10.1. The van der Waals surface area contributed by atoms with Gasteiger partial charge in [0.25, 0.3) is 5.91 Å². The predicted octanol–water partition coefficient (Wildman–Crippen LogP) is 7.72. The zero-order valence-corrected chi connectivity index (χ0v) is 26.6. The fraction of sp³-hybridized carbons (Fsp3) is 0.361. The number of hydrogen-bond acceptors (Lipinski definition) is 7. The number of nitrogens with zero attached hydrogens (tertiary/aromatic N) is 4. The maximum Gasteiger partial charge on any atom is 0.573 e. The lowest BCUT2D eigenvalue weighted by Crippen LogP contribution is -2.38. The number of carbonyl (C=O) groups excluding carboxylic acids is 1. The van der Waals surface area contributed by atoms with E-state index in [9.17, 15) is 18.0 Å². The van der Waals surface area contributed by atoms with E-state index in [1.54, 1.807) is 30.5 Å². The molecule has 0 aliphatic carbocycles. The molecule has 246 valence electrons. The molecule has 2 N–H and O–H groups in total. The fourth-order valence-electron chi connectivity index (χ4n) is 6.35. The summed E-state index contributed by atoms with van der Waals surface area (Å²) in [4.78, 5) is 27.3. The molecule has 0 unspecified atom stereocenters. The van der Waals surface area contributed by atoms with Crippen LogP contribution < -0.4 is 15.4 Å². The van der Waals surface area contributed by atoms with Crippen LogP contribution in [0.4, 0.5) is 30.5 Å². The standard InChI is InChI=1S/C36H39F3N6O2/c1-24-7-8-26(22-45-19-5-6-30(45)23-44-17-3-4-18-44)20-32(24)42-34(46)28-9-13-29(14-10-28)41-35-40-21-25(2)33(43-35)27-11-15-31(16-12-27)47-36(37,38)39/h7-16,20-21,30H,3-6,17-19,22-23H2,1-2H3,(H,42,46)(H,40,41,43)/t30-/m1/s1. The minimum atomic E-state index is -4.76. The Balaban J connectivity index is 1.08. The van der Waals surface area contributed by atoms with Crippen molar-refractivity contribution < 1.29 is 22.7 Å². The Kier molecular flexibility index (Phi) is 9.74. The van der Waals surface area contributed by atoms with E-state index in [4.69, 9.17) is 0 Å². The Labute approximate surface area is 273 Å². The van der Waals surface area contributed by atoms with Gasteiger partial charge in [-0.3, -0.25) is 9.69 Å². The van der Waals surface area contributed by atoms with Crippen LogP contribution in [0.2, 0.25) is 0 Å². The number of aryl methyl sites for hydroxylation is 2. The summed E-state index contributed by atoms with van der Waals surface area (Å²) in [6.07, 6.45) is 1.97. The highest BCUT2D eigenvalue weighted by Crippen LogP contribution is 2.29. The van der Waals surface area contributed by atoms with Gasteiger partial charge in [0, 0.05) is 47.8 Å². The first-order valence-electron chi connectivity index (χ1n) is 16.0. The second kappa shape index (κ2) is 14.1. The molecule has 2 aliphatic rings. The summed E-state index contributed by atoms with van der Waals surface area (Å²) in [5, 5.41) is 6.24. The summed E-state index contributed by atoms with van der Waals surface area (Å²) in [6.45, 7) is 9.39. The lowest BCUT2D eigenvalue weighted by Gasteiger charge is -2.28. The summed E-state index contributed by atoms with van der Waals surface area (Å²) in [5.74, 6) is -0.190. The van der Waals surface area contributed by atoms with Gasteiger partial charge < -0.3 is 20.3 Å². The topological polar surface area (TPSA) is 82.6 Å². The van der Waals surface area contributed by atoms with E-state index in [0.29, 0.717) is 34.5 Å². The monoisotopic (exact) mass is 644 g/mol. The smallest absolute Gasteiger partial charge is 0.406 e. The number of aromatic nitrogens is 2. The van der Waals surface area contributed by atoms with Crippen molar-refractivity contribution in [2.45, 2.75) is 58.5 Å². The third kappa shape index (κ3) is 8.47. The number of ether oxygens (including phenoxy) is 1. The van der Waals surface area contributed by atoms with Crippen molar-refractivity contribution >= 4 is 23.2 Å². The van der Waals surface area contributed by atoms with Crippen LogP contribution in [0.5, 0.6) is 5.75 Å². The fourth-order valence-corrected chi connectivity index (χ4v) is 6.35. The largest absolute Gasteiger partial charge is 0.573 e. The highest BCUT2D eigenvalue weighted by atomic mass is 19.4. The summed E-state index contributed by atoms with van der Waals surface area (Å²) in [7, 11) is 0. The maximum absolute atomic E-state index is 13.2. The van der Waals surface area contributed by atoms with Gasteiger partial charge in [0.1, 0.15) is 5.75 Å². The van der Waals surface area contributed by atoms with Gasteiger partial charge in [0.15, 0.2) is 0 Å². The first-order valence-corrected chi connectivity index (χ1v) is 16.0. The van der Waals surface area contributed by atoms with E-state index in [1.165, 1.54) is 68.6 Å². The van der Waals surface area contributed by atoms with Crippen LogP contribution in [0.25, 0.3) is 11.3 Å². The SMILES string of the molecule is Cc1ccc(CN2CCC[C@@H]2CN2CCCC2)cc1NC(=O)c1ccc(Nc2ncc(C)c(-c3ccc(OC(F)(F)F)cc3)n2)cc1. The van der Waals surface area contributed by atoms with Gasteiger partial charge in [-0.2, -0.15) is 0 Å². The zero-order valence-electron chi connectivity index (χ0n) is 26.6. The number of rotatable bonds is 10. The van der Waals surface area contributed by atoms with E-state index >= 15 is 0 Å². The number of likely N-dealkylation sites (tertiary alicyclic amines) is 2. The van der Waals surface area contributed by atoms with E-state index in [1.807, 2.05) is 13.8 Å². The van der Waals surface area contributed by atoms with Gasteiger partial charge >= 0.3 is 6.36 Å². The van der Waals surface area contributed by atoms with Crippen molar-refractivity contribution in [1.82, 2.24) is 19.8 Å². The Hall–Kier alpha value is -4.48. The van der Waals surface area contributed by atoms with Gasteiger partial charge in [-0.1, -0.05) is 12.1 Å². The third-order valence-corrected chi connectivity index (χ3v) is 8.84. The van der Waals surface area contributed by atoms with Crippen molar-refractivity contribution in [1.29, 1.82) is 0 Å². The molecule has 0 saturated carbocycles. The molecule has 8 nitrogen and oxygen atoms in total. The molecule has 3 aromatic carbocycles. The molecule has 0 radical (unpaired) electrons. The Bertz CT molecular complexity index is 1690. The molecule has 0 bridgehead atoms. The number of hydrogen-bond donors (Lipinski definition) is 2. The first-order chi connectivity index (χ1) is 22.6. The zero-order chi connectivity index (χ0) is 33.0. The molecule has 0 spiro atoms. The van der Waals surface area contributed by atoms with E-state index in [0.717, 1.165) is 36.4 Å². The average molecular weight is 645 g/mol. The van der Waals surface area contributed by atoms with E-state index in [2.05, 4.69) is 53.3 Å². The Morgan fingerprint density at radius 2 is 1.68 bits per heavy atom. The number of carbonyl (C=O) groups is 1. The van der Waals surface area contributed by atoms with Crippen molar-refractivity contribution in [3.63, 3.8) is 0 Å². The molecule has 1 aromatic heterocycles. The number of benzene rings is 3. The number of anilines is 3. The maximum atomic E-state index is 13.2. The van der Waals surface area contributed by atoms with Crippen molar-refractivity contribution in [3.05, 3.63) is 95.2 Å². The molecule has 47 heavy (non-hydrogen) atoms. The van der Waals surface area contributed by atoms with Crippen molar-refractivity contribution in [2.75, 3.05) is 36.8 Å². The molecular formula is C36H39F3N6O2. The number of nitrogens with one attached hydrogen (secondary N) is 2. The van der Waals surface area contributed by atoms with Crippen molar-refractivity contribution in [2.24, 2.45) is 0 Å². The predicted molar refractivity (Wildman–Crippen MR) is 177 cm³/mol. The van der Waals surface area contributed by atoms with Crippen LogP contribution in [0.1, 0.15) is 52.7 Å². The summed E-state index contributed by atoms with van der Waals surface area (Å²) >= 11 is 0. The van der Waals surface area contributed by atoms with Crippen LogP contribution in [-0.2, 0) is 6.54 Å². The molecular weight excluding hydrogens is 605 g/mol. The van der Waals surface area contributed by atoms with E-state index in [-0.39, 0.29) is 11.7 Å². The summed E-state index contributed by atoms with van der Waals surface area (Å²) in [5.41, 5.74) is 6.15. The highest BCUT2D eigenvalue weighted by molar-refractivity contribution is 6.04. The van der Waals surface area contributed by atoms with Crippen LogP contribution >= 0.6 is 0 Å². The second-order valence-corrected chi connectivity index (χ2v) is 12.4. The average Bonchev–Trinajstić information content (AvgIpc) is 3.72. The normalized spacial score (nSPS) is 17.2. The molecule has 4 aromatic rings. The minimum Gasteiger partial charge on any atom is -0.406 e. The molecule has 1 amide bonds. The molecule has 2 saturated heterocycles. The first kappa shape index (κ1) is 32.5. The molecule has 2 aliphatic heterocycles. The van der Waals surface area contributed by atoms with Gasteiger partial charge in [-0.15, -0.1) is 13.2 Å². The third-order valence-electron chi connectivity index (χ3n) is 8.84. The quantitative estimate of drug-likeness (QED) is 0.183. The van der Waals surface area contributed by atoms with Gasteiger partial charge in [-0.05, 0) is 130 Å². The molecule has 6 rings (SSSR count).